The molecule has 2 aliphatic heterocycles. The van der Waals surface area contributed by atoms with E-state index in [1.165, 1.54) is 4.90 Å². The van der Waals surface area contributed by atoms with Crippen molar-refractivity contribution < 1.29 is 35.9 Å². The largest absolute Gasteiger partial charge is 0.416 e. The van der Waals surface area contributed by atoms with Gasteiger partial charge in [-0.05, 0) is 50.1 Å². The number of benzene rings is 2. The topological polar surface area (TPSA) is 52.7 Å². The number of likely N-dealkylation sites (tertiary alicyclic amines) is 1. The smallest absolute Gasteiger partial charge is 0.324 e. The zero-order valence-electron chi connectivity index (χ0n) is 19.2. The maximum absolute atomic E-state index is 13.2. The third-order valence-corrected chi connectivity index (χ3v) is 7.91. The lowest BCUT2D eigenvalue weighted by molar-refractivity contribution is -0.143. The highest BCUT2D eigenvalue weighted by atomic mass is 32.2. The van der Waals surface area contributed by atoms with Crippen LogP contribution in [0.15, 0.2) is 42.5 Å². The van der Waals surface area contributed by atoms with Crippen LogP contribution < -0.4 is 5.32 Å². The van der Waals surface area contributed by atoms with Gasteiger partial charge in [-0.1, -0.05) is 17.7 Å². The minimum absolute atomic E-state index is 0.0114. The van der Waals surface area contributed by atoms with E-state index in [0.29, 0.717) is 37.1 Å². The Kier molecular flexibility index (Phi) is 6.93. The van der Waals surface area contributed by atoms with Crippen molar-refractivity contribution in [2.75, 3.05) is 30.7 Å². The number of halogens is 6. The highest BCUT2D eigenvalue weighted by Crippen LogP contribution is 2.45. The number of alkyl halides is 6. The van der Waals surface area contributed by atoms with E-state index in [-0.39, 0.29) is 25.1 Å². The molecule has 0 aromatic heterocycles. The molecule has 0 saturated carbocycles. The van der Waals surface area contributed by atoms with Gasteiger partial charge < -0.3 is 15.1 Å². The van der Waals surface area contributed by atoms with Crippen molar-refractivity contribution in [3.8, 4) is 0 Å². The SMILES string of the molecule is Cc1cccc(C(=O)N2CCSC23CCN(C(=O)Nc2cc(C(F)(F)F)cc(C(F)(F)F)c2)CC3)c1. The molecule has 1 spiro atoms. The van der Waals surface area contributed by atoms with Gasteiger partial charge in [-0.15, -0.1) is 11.8 Å². The summed E-state index contributed by atoms with van der Waals surface area (Å²) in [6.45, 7) is 2.83. The summed E-state index contributed by atoms with van der Waals surface area (Å²) in [5.74, 6) is 0.624. The number of aryl methyl sites for hydroxylation is 1. The zero-order chi connectivity index (χ0) is 26.3. The Morgan fingerprint density at radius 1 is 0.917 bits per heavy atom. The van der Waals surface area contributed by atoms with Crippen LogP contribution in [0.1, 0.15) is 39.9 Å². The van der Waals surface area contributed by atoms with Crippen molar-refractivity contribution >= 4 is 29.4 Å². The monoisotopic (exact) mass is 531 g/mol. The molecule has 0 aliphatic carbocycles. The lowest BCUT2D eigenvalue weighted by Crippen LogP contribution is -2.54. The second-order valence-electron chi connectivity index (χ2n) is 8.83. The van der Waals surface area contributed by atoms with E-state index in [1.807, 2.05) is 30.0 Å². The second kappa shape index (κ2) is 9.53. The molecule has 0 bridgehead atoms. The zero-order valence-corrected chi connectivity index (χ0v) is 20.0. The number of piperidine rings is 1. The molecule has 2 fully saturated rings. The predicted octanol–water partition coefficient (Wildman–Crippen LogP) is 6.25. The number of carbonyl (C=O) groups excluding carboxylic acids is 2. The molecule has 2 saturated heterocycles. The van der Waals surface area contributed by atoms with Crippen molar-refractivity contribution in [3.05, 3.63) is 64.7 Å². The molecule has 2 heterocycles. The molecule has 0 radical (unpaired) electrons. The summed E-state index contributed by atoms with van der Waals surface area (Å²) in [4.78, 5) is 28.6. The summed E-state index contributed by atoms with van der Waals surface area (Å²) < 4.78 is 78.7. The predicted molar refractivity (Wildman–Crippen MR) is 124 cm³/mol. The molecule has 2 aliphatic rings. The molecule has 194 valence electrons. The number of anilines is 1. The summed E-state index contributed by atoms with van der Waals surface area (Å²) in [5.41, 5.74) is -2.07. The van der Waals surface area contributed by atoms with E-state index < -0.39 is 40.1 Å². The summed E-state index contributed by atoms with van der Waals surface area (Å²) in [7, 11) is 0. The molecule has 0 unspecified atom stereocenters. The van der Waals surface area contributed by atoms with Crippen LogP contribution in [0.4, 0.5) is 36.8 Å². The Morgan fingerprint density at radius 2 is 1.53 bits per heavy atom. The highest BCUT2D eigenvalue weighted by molar-refractivity contribution is 8.00. The normalized spacial score (nSPS) is 18.0. The van der Waals surface area contributed by atoms with Crippen LogP contribution in [-0.2, 0) is 12.4 Å². The average molecular weight is 532 g/mol. The number of nitrogens with zero attached hydrogens (tertiary/aromatic N) is 2. The molecule has 2 aromatic carbocycles. The number of thioether (sulfide) groups is 1. The molecule has 4 rings (SSSR count). The van der Waals surface area contributed by atoms with Crippen molar-refractivity contribution in [1.82, 2.24) is 9.80 Å². The first-order chi connectivity index (χ1) is 16.8. The van der Waals surface area contributed by atoms with Gasteiger partial charge in [0.2, 0.25) is 0 Å². The second-order valence-corrected chi connectivity index (χ2v) is 10.3. The third kappa shape index (κ3) is 5.42. The van der Waals surface area contributed by atoms with E-state index in [2.05, 4.69) is 5.32 Å². The Hall–Kier alpha value is -2.89. The quantitative estimate of drug-likeness (QED) is 0.467. The molecular weight excluding hydrogens is 508 g/mol. The van der Waals surface area contributed by atoms with Gasteiger partial charge in [0.05, 0.1) is 16.0 Å². The van der Waals surface area contributed by atoms with Crippen LogP contribution in [-0.4, -0.2) is 52.0 Å². The Morgan fingerprint density at radius 3 is 2.08 bits per heavy atom. The van der Waals surface area contributed by atoms with Gasteiger partial charge in [0.1, 0.15) is 0 Å². The minimum Gasteiger partial charge on any atom is -0.324 e. The first-order valence-electron chi connectivity index (χ1n) is 11.2. The Balaban J connectivity index is 1.46. The van der Waals surface area contributed by atoms with Crippen LogP contribution in [0.25, 0.3) is 0 Å². The van der Waals surface area contributed by atoms with Crippen molar-refractivity contribution in [2.24, 2.45) is 0 Å². The van der Waals surface area contributed by atoms with Gasteiger partial charge in [-0.2, -0.15) is 26.3 Å². The fourth-order valence-electron chi connectivity index (χ4n) is 4.53. The first-order valence-corrected chi connectivity index (χ1v) is 12.2. The number of carbonyl (C=O) groups is 2. The first kappa shape index (κ1) is 26.2. The molecule has 36 heavy (non-hydrogen) atoms. The van der Waals surface area contributed by atoms with E-state index in [9.17, 15) is 35.9 Å². The minimum atomic E-state index is -5.01. The summed E-state index contributed by atoms with van der Waals surface area (Å²) in [6.07, 6.45) is -9.16. The van der Waals surface area contributed by atoms with Gasteiger partial charge >= 0.3 is 18.4 Å². The molecule has 2 aromatic rings. The molecule has 3 amide bonds. The van der Waals surface area contributed by atoms with Crippen molar-refractivity contribution in [3.63, 3.8) is 0 Å². The van der Waals surface area contributed by atoms with Crippen LogP contribution in [0.5, 0.6) is 0 Å². The molecule has 1 N–H and O–H groups in total. The number of hydrogen-bond acceptors (Lipinski definition) is 3. The Bertz CT molecular complexity index is 1130. The molecule has 12 heteroatoms. The Labute approximate surface area is 207 Å². The standard InChI is InChI=1S/C24H23F6N3O2S/c1-15-3-2-4-16(11-15)20(34)33-9-10-36-22(33)5-7-32(8-6-22)21(35)31-19-13-17(23(25,26)27)12-18(14-19)24(28,29)30/h2-4,11-14H,5-10H2,1H3,(H,31,35). The number of amides is 3. The van der Waals surface area contributed by atoms with Crippen LogP contribution in [0, 0.1) is 6.92 Å². The van der Waals surface area contributed by atoms with E-state index in [1.54, 1.807) is 17.8 Å². The third-order valence-electron chi connectivity index (χ3n) is 6.36. The maximum atomic E-state index is 13.2. The van der Waals surface area contributed by atoms with E-state index >= 15 is 0 Å². The highest BCUT2D eigenvalue weighted by Gasteiger charge is 2.47. The summed E-state index contributed by atoms with van der Waals surface area (Å²) in [5, 5.41) is 2.18. The maximum Gasteiger partial charge on any atom is 0.416 e. The van der Waals surface area contributed by atoms with Gasteiger partial charge in [0.15, 0.2) is 0 Å². The number of urea groups is 1. The average Bonchev–Trinajstić information content (AvgIpc) is 3.20. The van der Waals surface area contributed by atoms with Gasteiger partial charge in [-0.3, -0.25) is 4.79 Å². The molecular formula is C24H23F6N3O2S. The van der Waals surface area contributed by atoms with Crippen molar-refractivity contribution in [1.29, 1.82) is 0 Å². The summed E-state index contributed by atoms with van der Waals surface area (Å²) >= 11 is 1.62. The van der Waals surface area contributed by atoms with Crippen LogP contribution in [0.3, 0.4) is 0 Å². The number of hydrogen-bond donors (Lipinski definition) is 1. The lowest BCUT2D eigenvalue weighted by atomic mass is 10.0. The lowest BCUT2D eigenvalue weighted by Gasteiger charge is -2.44. The molecule has 0 atom stereocenters. The van der Waals surface area contributed by atoms with Gasteiger partial charge in [-0.25, -0.2) is 4.79 Å². The summed E-state index contributed by atoms with van der Waals surface area (Å²) in [6, 6.07) is 7.44. The number of nitrogens with one attached hydrogen (secondary N) is 1. The van der Waals surface area contributed by atoms with Crippen molar-refractivity contribution in [2.45, 2.75) is 37.0 Å². The van der Waals surface area contributed by atoms with Crippen LogP contribution in [0.2, 0.25) is 0 Å². The number of rotatable bonds is 2. The van der Waals surface area contributed by atoms with E-state index in [4.69, 9.17) is 0 Å². The fraction of sp³-hybridized carbons (Fsp3) is 0.417. The van der Waals surface area contributed by atoms with Crippen LogP contribution >= 0.6 is 11.8 Å². The fourth-order valence-corrected chi connectivity index (χ4v) is 5.99. The van der Waals surface area contributed by atoms with Gasteiger partial charge in [0, 0.05) is 36.6 Å². The molecule has 5 nitrogen and oxygen atoms in total. The van der Waals surface area contributed by atoms with Gasteiger partial charge in [0.25, 0.3) is 5.91 Å². The van der Waals surface area contributed by atoms with E-state index in [0.717, 1.165) is 11.3 Å².